The van der Waals surface area contributed by atoms with E-state index in [2.05, 4.69) is 21.7 Å². The Labute approximate surface area is 124 Å². The summed E-state index contributed by atoms with van der Waals surface area (Å²) in [6.45, 7) is 9.70. The van der Waals surface area contributed by atoms with E-state index in [0.717, 1.165) is 5.57 Å². The molecule has 0 unspecified atom stereocenters. The lowest BCUT2D eigenvalue weighted by molar-refractivity contribution is 0.431. The number of allylic oxidation sites excluding steroid dienone is 5. The van der Waals surface area contributed by atoms with Crippen molar-refractivity contribution in [3.8, 4) is 11.5 Å². The van der Waals surface area contributed by atoms with Crippen LogP contribution in [-0.2, 0) is 0 Å². The molecule has 110 valence electrons. The fraction of sp³-hybridized carbons (Fsp3) is 0.188. The van der Waals surface area contributed by atoms with Crippen molar-refractivity contribution in [1.29, 1.82) is 0 Å². The van der Waals surface area contributed by atoms with Crippen LogP contribution < -0.4 is 5.73 Å². The maximum atomic E-state index is 5.80. The van der Waals surface area contributed by atoms with Gasteiger partial charge in [-0.1, -0.05) is 49.9 Å². The SMILES string of the molecule is C=C/C(=C\C=C/C)c1cnc(N)c(-c2ccno2)n1.CC. The molecule has 2 aromatic rings. The molecular formula is C16H20N4O. The van der Waals surface area contributed by atoms with Crippen molar-refractivity contribution >= 4 is 11.4 Å². The van der Waals surface area contributed by atoms with Gasteiger partial charge in [-0.15, -0.1) is 0 Å². The fourth-order valence-corrected chi connectivity index (χ4v) is 1.51. The molecule has 5 heteroatoms. The van der Waals surface area contributed by atoms with Crippen molar-refractivity contribution in [3.05, 3.63) is 55.0 Å². The number of nitrogens with zero attached hydrogens (tertiary/aromatic N) is 3. The fourth-order valence-electron chi connectivity index (χ4n) is 1.51. The molecule has 5 nitrogen and oxygen atoms in total. The van der Waals surface area contributed by atoms with Crippen LogP contribution in [0.5, 0.6) is 0 Å². The summed E-state index contributed by atoms with van der Waals surface area (Å²) >= 11 is 0. The average molecular weight is 284 g/mol. The standard InChI is InChI=1S/C14H14N4O.C2H6/c1-3-5-6-10(4-2)11-9-16-14(15)13(18-11)12-7-8-17-19-12;1-2/h3-9H,2H2,1H3,(H2,15,16);1-2H3/b5-3-,10-6+;. The van der Waals surface area contributed by atoms with Crippen molar-refractivity contribution in [2.75, 3.05) is 5.73 Å². The van der Waals surface area contributed by atoms with Gasteiger partial charge in [-0.3, -0.25) is 0 Å². The highest BCUT2D eigenvalue weighted by molar-refractivity contribution is 5.75. The van der Waals surface area contributed by atoms with Gasteiger partial charge in [0.25, 0.3) is 0 Å². The molecule has 0 spiro atoms. The number of hydrogen-bond donors (Lipinski definition) is 1. The predicted molar refractivity (Wildman–Crippen MR) is 86.3 cm³/mol. The number of rotatable bonds is 4. The van der Waals surface area contributed by atoms with E-state index in [1.165, 1.54) is 6.20 Å². The highest BCUT2D eigenvalue weighted by atomic mass is 16.5. The zero-order valence-corrected chi connectivity index (χ0v) is 12.6. The zero-order valence-electron chi connectivity index (χ0n) is 12.6. The average Bonchev–Trinajstić information content (AvgIpc) is 3.05. The van der Waals surface area contributed by atoms with E-state index < -0.39 is 0 Å². The molecule has 0 aromatic carbocycles. The summed E-state index contributed by atoms with van der Waals surface area (Å²) in [4.78, 5) is 8.57. The van der Waals surface area contributed by atoms with Crippen LogP contribution in [0.25, 0.3) is 17.0 Å². The lowest BCUT2D eigenvalue weighted by Crippen LogP contribution is -1.99. The molecule has 0 bridgehead atoms. The summed E-state index contributed by atoms with van der Waals surface area (Å²) in [5.74, 6) is 0.788. The lowest BCUT2D eigenvalue weighted by atomic mass is 10.1. The van der Waals surface area contributed by atoms with E-state index in [1.807, 2.05) is 39.0 Å². The van der Waals surface area contributed by atoms with Crippen LogP contribution in [0, 0.1) is 0 Å². The van der Waals surface area contributed by atoms with Gasteiger partial charge in [0.1, 0.15) is 0 Å². The molecule has 0 aliphatic rings. The first kappa shape index (κ1) is 16.4. The van der Waals surface area contributed by atoms with Gasteiger partial charge < -0.3 is 10.3 Å². The molecule has 0 fully saturated rings. The summed E-state index contributed by atoms with van der Waals surface area (Å²) in [5.41, 5.74) is 7.80. The predicted octanol–water partition coefficient (Wildman–Crippen LogP) is 3.89. The molecule has 0 aliphatic carbocycles. The van der Waals surface area contributed by atoms with E-state index in [4.69, 9.17) is 10.3 Å². The molecule has 2 rings (SSSR count). The quantitative estimate of drug-likeness (QED) is 0.862. The monoisotopic (exact) mass is 284 g/mol. The lowest BCUT2D eigenvalue weighted by Gasteiger charge is -2.04. The summed E-state index contributed by atoms with van der Waals surface area (Å²) in [5, 5.41) is 3.64. The molecule has 2 N–H and O–H groups in total. The van der Waals surface area contributed by atoms with Crippen LogP contribution in [0.15, 0.2) is 53.9 Å². The van der Waals surface area contributed by atoms with Gasteiger partial charge in [-0.2, -0.15) is 0 Å². The molecule has 0 saturated carbocycles. The Kier molecular flexibility index (Phi) is 6.60. The zero-order chi connectivity index (χ0) is 15.7. The summed E-state index contributed by atoms with van der Waals surface area (Å²) in [6, 6.07) is 1.69. The van der Waals surface area contributed by atoms with Crippen LogP contribution in [-0.4, -0.2) is 15.1 Å². The molecular weight excluding hydrogens is 264 g/mol. The van der Waals surface area contributed by atoms with Crippen molar-refractivity contribution in [3.63, 3.8) is 0 Å². The molecule has 2 aromatic heterocycles. The number of anilines is 1. The summed E-state index contributed by atoms with van der Waals surface area (Å²) in [7, 11) is 0. The van der Waals surface area contributed by atoms with Crippen LogP contribution in [0.3, 0.4) is 0 Å². The van der Waals surface area contributed by atoms with Crippen LogP contribution in [0.1, 0.15) is 26.5 Å². The smallest absolute Gasteiger partial charge is 0.188 e. The molecule has 0 aliphatic heterocycles. The van der Waals surface area contributed by atoms with Crippen LogP contribution >= 0.6 is 0 Å². The van der Waals surface area contributed by atoms with Crippen LogP contribution in [0.4, 0.5) is 5.82 Å². The molecule has 21 heavy (non-hydrogen) atoms. The third-order valence-electron chi connectivity index (χ3n) is 2.46. The van der Waals surface area contributed by atoms with Gasteiger partial charge in [0.2, 0.25) is 0 Å². The first-order valence-electron chi connectivity index (χ1n) is 6.75. The van der Waals surface area contributed by atoms with Gasteiger partial charge in [-0.25, -0.2) is 9.97 Å². The Morgan fingerprint density at radius 2 is 2.14 bits per heavy atom. The van der Waals surface area contributed by atoms with Gasteiger partial charge in [0.15, 0.2) is 17.3 Å². The Hall–Kier alpha value is -2.69. The van der Waals surface area contributed by atoms with Gasteiger partial charge >= 0.3 is 0 Å². The molecule has 0 atom stereocenters. The largest absolute Gasteiger partial charge is 0.382 e. The molecule has 2 heterocycles. The van der Waals surface area contributed by atoms with Crippen molar-refractivity contribution < 1.29 is 4.52 Å². The maximum absolute atomic E-state index is 5.80. The Bertz CT molecular complexity index is 628. The number of nitrogen functional groups attached to an aromatic ring is 1. The Morgan fingerprint density at radius 3 is 2.71 bits per heavy atom. The second-order valence-electron chi connectivity index (χ2n) is 3.72. The van der Waals surface area contributed by atoms with E-state index in [9.17, 15) is 0 Å². The van der Waals surface area contributed by atoms with E-state index in [0.29, 0.717) is 23.0 Å². The highest BCUT2D eigenvalue weighted by Crippen LogP contribution is 2.24. The Morgan fingerprint density at radius 1 is 1.38 bits per heavy atom. The number of aromatic nitrogens is 3. The molecule has 0 amide bonds. The second kappa shape index (κ2) is 8.47. The van der Waals surface area contributed by atoms with E-state index in [1.54, 1.807) is 18.3 Å². The minimum atomic E-state index is 0.301. The third-order valence-corrected chi connectivity index (χ3v) is 2.46. The number of hydrogen-bond acceptors (Lipinski definition) is 5. The van der Waals surface area contributed by atoms with Gasteiger partial charge in [0, 0.05) is 11.6 Å². The van der Waals surface area contributed by atoms with Crippen molar-refractivity contribution in [1.82, 2.24) is 15.1 Å². The summed E-state index contributed by atoms with van der Waals surface area (Å²) in [6.07, 6.45) is 10.6. The maximum Gasteiger partial charge on any atom is 0.188 e. The first-order valence-corrected chi connectivity index (χ1v) is 6.75. The van der Waals surface area contributed by atoms with E-state index in [-0.39, 0.29) is 0 Å². The number of nitrogens with two attached hydrogens (primary N) is 1. The summed E-state index contributed by atoms with van der Waals surface area (Å²) < 4.78 is 5.06. The van der Waals surface area contributed by atoms with Crippen LogP contribution in [0.2, 0.25) is 0 Å². The second-order valence-corrected chi connectivity index (χ2v) is 3.72. The Balaban J connectivity index is 0.00000106. The van der Waals surface area contributed by atoms with Gasteiger partial charge in [-0.05, 0) is 6.92 Å². The highest BCUT2D eigenvalue weighted by Gasteiger charge is 2.11. The normalized spacial score (nSPS) is 11.1. The van der Waals surface area contributed by atoms with E-state index >= 15 is 0 Å². The minimum absolute atomic E-state index is 0.301. The molecule has 0 radical (unpaired) electrons. The van der Waals surface area contributed by atoms with Crippen molar-refractivity contribution in [2.24, 2.45) is 0 Å². The van der Waals surface area contributed by atoms with Gasteiger partial charge in [0.05, 0.1) is 18.1 Å². The topological polar surface area (TPSA) is 77.8 Å². The van der Waals surface area contributed by atoms with Crippen molar-refractivity contribution in [2.45, 2.75) is 20.8 Å². The minimum Gasteiger partial charge on any atom is -0.382 e. The third kappa shape index (κ3) is 4.14. The molecule has 0 saturated heterocycles. The first-order chi connectivity index (χ1) is 10.3.